The number of rotatable bonds is 5. The molecule has 2 rings (SSSR count). The van der Waals surface area contributed by atoms with Gasteiger partial charge in [0.1, 0.15) is 6.10 Å². The van der Waals surface area contributed by atoms with Crippen molar-refractivity contribution in [3.63, 3.8) is 0 Å². The Morgan fingerprint density at radius 1 is 1.29 bits per heavy atom. The topological polar surface area (TPSA) is 80.9 Å². The fourth-order valence-corrected chi connectivity index (χ4v) is 5.31. The Kier molecular flexibility index (Phi) is 5.96. The van der Waals surface area contributed by atoms with Gasteiger partial charge in [-0.05, 0) is 59.5 Å². The Bertz CT molecular complexity index is 496. The van der Waals surface area contributed by atoms with Crippen LogP contribution in [0.1, 0.15) is 52.9 Å². The van der Waals surface area contributed by atoms with Crippen LogP contribution >= 0.6 is 0 Å². The van der Waals surface area contributed by atoms with Gasteiger partial charge < -0.3 is 20.4 Å². The summed E-state index contributed by atoms with van der Waals surface area (Å²) < 4.78 is 0. The first-order valence-corrected chi connectivity index (χ1v) is 9.13. The quantitative estimate of drug-likeness (QED) is 0.580. The van der Waals surface area contributed by atoms with Crippen molar-refractivity contribution in [2.24, 2.45) is 22.7 Å². The number of hydrogen-bond donors (Lipinski definition) is 4. The van der Waals surface area contributed by atoms with Crippen LogP contribution in [0.15, 0.2) is 23.8 Å². The van der Waals surface area contributed by atoms with E-state index in [1.165, 1.54) is 12.8 Å². The van der Waals surface area contributed by atoms with Crippen LogP contribution in [-0.4, -0.2) is 45.8 Å². The molecule has 0 bridgehead atoms. The second kappa shape index (κ2) is 7.28. The summed E-state index contributed by atoms with van der Waals surface area (Å²) in [5.74, 6) is 0.552. The predicted molar refractivity (Wildman–Crippen MR) is 95.4 cm³/mol. The second-order valence-corrected chi connectivity index (χ2v) is 8.65. The van der Waals surface area contributed by atoms with Crippen molar-refractivity contribution in [2.75, 3.05) is 13.2 Å². The van der Waals surface area contributed by atoms with Crippen LogP contribution < -0.4 is 0 Å². The largest absolute Gasteiger partial charge is 0.393 e. The van der Waals surface area contributed by atoms with E-state index in [4.69, 9.17) is 5.11 Å². The van der Waals surface area contributed by atoms with Gasteiger partial charge in [-0.15, -0.1) is 0 Å². The lowest BCUT2D eigenvalue weighted by molar-refractivity contribution is -0.0810. The molecular weight excluding hydrogens is 304 g/mol. The first-order valence-electron chi connectivity index (χ1n) is 9.13. The molecule has 0 spiro atoms. The van der Waals surface area contributed by atoms with Crippen molar-refractivity contribution in [3.05, 3.63) is 23.8 Å². The summed E-state index contributed by atoms with van der Waals surface area (Å²) >= 11 is 0. The van der Waals surface area contributed by atoms with E-state index in [1.807, 2.05) is 6.08 Å². The van der Waals surface area contributed by atoms with E-state index in [0.29, 0.717) is 17.9 Å². The summed E-state index contributed by atoms with van der Waals surface area (Å²) in [4.78, 5) is 0. The molecule has 0 heterocycles. The van der Waals surface area contributed by atoms with Gasteiger partial charge in [0.2, 0.25) is 0 Å². The third-order valence-electron chi connectivity index (χ3n) is 6.81. The van der Waals surface area contributed by atoms with Gasteiger partial charge in [0.05, 0.1) is 19.3 Å². The number of fused-ring (bicyclic) bond motifs is 1. The molecule has 0 radical (unpaired) electrons. The van der Waals surface area contributed by atoms with Crippen molar-refractivity contribution in [2.45, 2.75) is 65.1 Å². The third kappa shape index (κ3) is 3.48. The standard InChI is InChI=1S/C20H34O4/c1-13-15(7-6-14(11-21)17(24)12-22)20(4)9-5-8-19(2,3)18(20)10-16(13)23/h6,15-18,21-24H,1,5,7-12H2,2-4H3/t15-,16-,17+,18-,20+/m0/s1. The van der Waals surface area contributed by atoms with Crippen molar-refractivity contribution >= 4 is 0 Å². The lowest BCUT2D eigenvalue weighted by atomic mass is 9.46. The molecule has 4 heteroatoms. The average Bonchev–Trinajstić information content (AvgIpc) is 2.52. The third-order valence-corrected chi connectivity index (χ3v) is 6.81. The van der Waals surface area contributed by atoms with Gasteiger partial charge in [-0.3, -0.25) is 0 Å². The molecule has 5 atom stereocenters. The van der Waals surface area contributed by atoms with E-state index < -0.39 is 18.8 Å². The maximum absolute atomic E-state index is 10.6. The van der Waals surface area contributed by atoms with Crippen molar-refractivity contribution in [1.29, 1.82) is 0 Å². The van der Waals surface area contributed by atoms with Gasteiger partial charge in [-0.25, -0.2) is 0 Å². The second-order valence-electron chi connectivity index (χ2n) is 8.65. The number of allylic oxidation sites excluding steroid dienone is 1. The van der Waals surface area contributed by atoms with E-state index in [9.17, 15) is 15.3 Å². The Morgan fingerprint density at radius 2 is 1.96 bits per heavy atom. The van der Waals surface area contributed by atoms with Crippen molar-refractivity contribution in [3.8, 4) is 0 Å². The summed E-state index contributed by atoms with van der Waals surface area (Å²) in [6.45, 7) is 10.4. The zero-order valence-corrected chi connectivity index (χ0v) is 15.3. The molecule has 138 valence electrons. The lowest BCUT2D eigenvalue weighted by Gasteiger charge is -2.59. The molecule has 2 fully saturated rings. The van der Waals surface area contributed by atoms with Gasteiger partial charge in [0, 0.05) is 0 Å². The highest BCUT2D eigenvalue weighted by atomic mass is 16.3. The normalized spacial score (nSPS) is 37.9. The molecule has 0 amide bonds. The maximum Gasteiger partial charge on any atom is 0.100 e. The Hall–Kier alpha value is -0.680. The molecular formula is C20H34O4. The first-order chi connectivity index (χ1) is 11.2. The van der Waals surface area contributed by atoms with Crippen LogP contribution in [0.4, 0.5) is 0 Å². The minimum Gasteiger partial charge on any atom is -0.393 e. The summed E-state index contributed by atoms with van der Waals surface area (Å²) in [6.07, 6.45) is 5.19. The molecule has 2 aliphatic rings. The highest BCUT2D eigenvalue weighted by Crippen LogP contribution is 2.61. The van der Waals surface area contributed by atoms with Crippen molar-refractivity contribution < 1.29 is 20.4 Å². The smallest absolute Gasteiger partial charge is 0.100 e. The monoisotopic (exact) mass is 338 g/mol. The van der Waals surface area contributed by atoms with E-state index >= 15 is 0 Å². The highest BCUT2D eigenvalue weighted by Gasteiger charge is 2.54. The van der Waals surface area contributed by atoms with E-state index in [2.05, 4.69) is 27.4 Å². The van der Waals surface area contributed by atoms with Gasteiger partial charge in [-0.1, -0.05) is 39.8 Å². The summed E-state index contributed by atoms with van der Waals surface area (Å²) in [5.41, 5.74) is 1.58. The molecule has 2 saturated carbocycles. The van der Waals surface area contributed by atoms with Crippen LogP contribution in [0.5, 0.6) is 0 Å². The van der Waals surface area contributed by atoms with Crippen LogP contribution in [0.3, 0.4) is 0 Å². The summed E-state index contributed by atoms with van der Waals surface area (Å²) in [7, 11) is 0. The molecule has 0 saturated heterocycles. The zero-order valence-electron chi connectivity index (χ0n) is 15.3. The minimum atomic E-state index is -1.02. The molecule has 0 aromatic rings. The van der Waals surface area contributed by atoms with E-state index in [1.54, 1.807) is 0 Å². The fourth-order valence-electron chi connectivity index (χ4n) is 5.31. The van der Waals surface area contributed by atoms with Crippen LogP contribution in [0, 0.1) is 22.7 Å². The number of aliphatic hydroxyl groups excluding tert-OH is 4. The lowest BCUT2D eigenvalue weighted by Crippen LogP contribution is -2.52. The molecule has 0 aliphatic heterocycles. The van der Waals surface area contributed by atoms with E-state index in [0.717, 1.165) is 18.4 Å². The van der Waals surface area contributed by atoms with Crippen LogP contribution in [-0.2, 0) is 0 Å². The number of aliphatic hydroxyl groups is 4. The molecule has 0 aromatic heterocycles. The minimum absolute atomic E-state index is 0.0687. The fraction of sp³-hybridized carbons (Fsp3) is 0.800. The first kappa shape index (κ1) is 19.6. The summed E-state index contributed by atoms with van der Waals surface area (Å²) in [5, 5.41) is 38.9. The Labute approximate surface area is 145 Å². The van der Waals surface area contributed by atoms with Crippen LogP contribution in [0.25, 0.3) is 0 Å². The predicted octanol–water partition coefficient (Wildman–Crippen LogP) is 2.42. The highest BCUT2D eigenvalue weighted by molar-refractivity contribution is 5.22. The van der Waals surface area contributed by atoms with Gasteiger partial charge in [0.25, 0.3) is 0 Å². The Morgan fingerprint density at radius 3 is 2.54 bits per heavy atom. The molecule has 4 N–H and O–H groups in total. The summed E-state index contributed by atoms with van der Waals surface area (Å²) in [6, 6.07) is 0. The zero-order chi connectivity index (χ0) is 18.1. The molecule has 24 heavy (non-hydrogen) atoms. The molecule has 2 aliphatic carbocycles. The van der Waals surface area contributed by atoms with E-state index in [-0.39, 0.29) is 23.4 Å². The maximum atomic E-state index is 10.6. The molecule has 0 aromatic carbocycles. The van der Waals surface area contributed by atoms with Crippen molar-refractivity contribution in [1.82, 2.24) is 0 Å². The van der Waals surface area contributed by atoms with Crippen LogP contribution in [0.2, 0.25) is 0 Å². The van der Waals surface area contributed by atoms with Gasteiger partial charge in [0.15, 0.2) is 0 Å². The SMILES string of the molecule is C=C1[C@@H](O)C[C@H]2C(C)(C)CCC[C@]2(C)[C@H]1CC=C(CO)[C@H](O)CO. The Balaban J connectivity index is 2.31. The molecule has 0 unspecified atom stereocenters. The molecule has 4 nitrogen and oxygen atoms in total. The number of hydrogen-bond acceptors (Lipinski definition) is 4. The average molecular weight is 338 g/mol. The van der Waals surface area contributed by atoms with Gasteiger partial charge in [-0.2, -0.15) is 0 Å². The van der Waals surface area contributed by atoms with Gasteiger partial charge >= 0.3 is 0 Å².